The van der Waals surface area contributed by atoms with Crippen molar-refractivity contribution in [2.24, 2.45) is 0 Å². The van der Waals surface area contributed by atoms with E-state index in [0.717, 1.165) is 48.2 Å². The number of hydrogen-bond acceptors (Lipinski definition) is 5. The van der Waals surface area contributed by atoms with Gasteiger partial charge in [-0.3, -0.25) is 9.69 Å². The van der Waals surface area contributed by atoms with Crippen LogP contribution in [-0.2, 0) is 5.54 Å². The number of benzene rings is 1. The first-order valence-electron chi connectivity index (χ1n) is 9.51. The Morgan fingerprint density at radius 3 is 2.59 bits per heavy atom. The molecule has 0 spiro atoms. The van der Waals surface area contributed by atoms with Gasteiger partial charge in [-0.2, -0.15) is 0 Å². The van der Waals surface area contributed by atoms with Gasteiger partial charge in [0.1, 0.15) is 6.04 Å². The van der Waals surface area contributed by atoms with Gasteiger partial charge in [0.15, 0.2) is 5.82 Å². The third-order valence-electron chi connectivity index (χ3n) is 5.20. The molecule has 0 saturated carbocycles. The second-order valence-electron chi connectivity index (χ2n) is 8.41. The SMILES string of the molecule is Cc1ccc2[nH]c(=O)c([C@H](c3nnnn3C(C)(C)C)N3CCCC3)cc2c1. The van der Waals surface area contributed by atoms with Crippen molar-refractivity contribution in [2.45, 2.75) is 52.1 Å². The monoisotopic (exact) mass is 366 g/mol. The maximum Gasteiger partial charge on any atom is 0.253 e. The predicted molar refractivity (Wildman–Crippen MR) is 105 cm³/mol. The molecule has 1 aromatic carbocycles. The van der Waals surface area contributed by atoms with Gasteiger partial charge in [0.25, 0.3) is 5.56 Å². The van der Waals surface area contributed by atoms with Crippen LogP contribution >= 0.6 is 0 Å². The first-order chi connectivity index (χ1) is 12.8. The lowest BCUT2D eigenvalue weighted by Crippen LogP contribution is -2.36. The molecule has 1 aliphatic rings. The summed E-state index contributed by atoms with van der Waals surface area (Å²) in [5, 5.41) is 13.5. The van der Waals surface area contributed by atoms with Gasteiger partial charge in [-0.25, -0.2) is 4.68 Å². The fourth-order valence-corrected chi connectivity index (χ4v) is 3.89. The van der Waals surface area contributed by atoms with Crippen molar-refractivity contribution in [1.82, 2.24) is 30.1 Å². The summed E-state index contributed by atoms with van der Waals surface area (Å²) in [4.78, 5) is 18.4. The Hall–Kier alpha value is -2.54. The summed E-state index contributed by atoms with van der Waals surface area (Å²) >= 11 is 0. The lowest BCUT2D eigenvalue weighted by molar-refractivity contribution is 0.241. The maximum absolute atomic E-state index is 13.0. The minimum absolute atomic E-state index is 0.0771. The molecule has 1 saturated heterocycles. The molecular weight excluding hydrogens is 340 g/mol. The molecule has 0 amide bonds. The van der Waals surface area contributed by atoms with Crippen molar-refractivity contribution in [3.8, 4) is 0 Å². The van der Waals surface area contributed by atoms with Crippen LogP contribution in [0.5, 0.6) is 0 Å². The van der Waals surface area contributed by atoms with Gasteiger partial charge in [0.2, 0.25) is 0 Å². The van der Waals surface area contributed by atoms with E-state index in [-0.39, 0.29) is 17.1 Å². The molecule has 27 heavy (non-hydrogen) atoms. The van der Waals surface area contributed by atoms with E-state index in [1.807, 2.05) is 22.9 Å². The Bertz CT molecular complexity index is 1020. The van der Waals surface area contributed by atoms with E-state index in [2.05, 4.69) is 59.2 Å². The first kappa shape index (κ1) is 17.9. The summed E-state index contributed by atoms with van der Waals surface area (Å²) in [6.45, 7) is 10.1. The van der Waals surface area contributed by atoms with Gasteiger partial charge in [-0.1, -0.05) is 11.6 Å². The minimum Gasteiger partial charge on any atom is -0.322 e. The molecule has 1 aliphatic heterocycles. The fraction of sp³-hybridized carbons (Fsp3) is 0.500. The van der Waals surface area contributed by atoms with E-state index in [9.17, 15) is 4.79 Å². The lowest BCUT2D eigenvalue weighted by Gasteiger charge is -2.29. The molecule has 142 valence electrons. The highest BCUT2D eigenvalue weighted by Crippen LogP contribution is 2.31. The summed E-state index contributed by atoms with van der Waals surface area (Å²) in [6.07, 6.45) is 2.25. The Morgan fingerprint density at radius 2 is 1.89 bits per heavy atom. The van der Waals surface area contributed by atoms with E-state index in [1.54, 1.807) is 0 Å². The molecule has 1 atom stereocenters. The molecular formula is C20H26N6O. The van der Waals surface area contributed by atoms with Crippen molar-refractivity contribution in [1.29, 1.82) is 0 Å². The van der Waals surface area contributed by atoms with Gasteiger partial charge in [-0.15, -0.1) is 5.10 Å². The van der Waals surface area contributed by atoms with Crippen LogP contribution in [0.2, 0.25) is 0 Å². The molecule has 0 unspecified atom stereocenters. The Morgan fingerprint density at radius 1 is 1.15 bits per heavy atom. The number of nitrogens with zero attached hydrogens (tertiary/aromatic N) is 5. The number of nitrogens with one attached hydrogen (secondary N) is 1. The zero-order chi connectivity index (χ0) is 19.2. The molecule has 4 rings (SSSR count). The molecule has 3 aromatic rings. The van der Waals surface area contributed by atoms with Crippen molar-refractivity contribution in [3.63, 3.8) is 0 Å². The Kier molecular flexibility index (Phi) is 4.34. The van der Waals surface area contributed by atoms with Gasteiger partial charge in [0, 0.05) is 11.1 Å². The normalized spacial score (nSPS) is 16.9. The van der Waals surface area contributed by atoms with Crippen LogP contribution in [0, 0.1) is 6.92 Å². The number of pyridine rings is 1. The van der Waals surface area contributed by atoms with Crippen LogP contribution < -0.4 is 5.56 Å². The van der Waals surface area contributed by atoms with E-state index >= 15 is 0 Å². The molecule has 3 heterocycles. The summed E-state index contributed by atoms with van der Waals surface area (Å²) < 4.78 is 1.84. The molecule has 0 radical (unpaired) electrons. The standard InChI is InChI=1S/C20H26N6O/c1-13-7-8-16-14(11-13)12-15(19(27)21-16)17(25-9-5-6-10-25)18-22-23-24-26(18)20(2,3)4/h7-8,11-12,17H,5-6,9-10H2,1-4H3,(H,21,27)/t17-/m1/s1. The molecule has 7 heteroatoms. The third kappa shape index (κ3) is 3.27. The number of tetrazole rings is 1. The predicted octanol–water partition coefficient (Wildman–Crippen LogP) is 2.76. The zero-order valence-corrected chi connectivity index (χ0v) is 16.4. The van der Waals surface area contributed by atoms with Crippen LogP contribution in [0.3, 0.4) is 0 Å². The molecule has 7 nitrogen and oxygen atoms in total. The Labute approximate surface area is 158 Å². The van der Waals surface area contributed by atoms with Crippen LogP contribution in [-0.4, -0.2) is 43.2 Å². The average molecular weight is 366 g/mol. The van der Waals surface area contributed by atoms with E-state index < -0.39 is 0 Å². The number of aromatic amines is 1. The summed E-state index contributed by atoms with van der Waals surface area (Å²) in [7, 11) is 0. The van der Waals surface area contributed by atoms with E-state index in [0.29, 0.717) is 5.56 Å². The van der Waals surface area contributed by atoms with E-state index in [1.165, 1.54) is 0 Å². The number of hydrogen-bond donors (Lipinski definition) is 1. The van der Waals surface area contributed by atoms with Crippen LogP contribution in [0.1, 0.15) is 56.6 Å². The lowest BCUT2D eigenvalue weighted by atomic mass is 10.0. The van der Waals surface area contributed by atoms with Crippen LogP contribution in [0.25, 0.3) is 10.9 Å². The van der Waals surface area contributed by atoms with Crippen molar-refractivity contribution in [2.75, 3.05) is 13.1 Å². The second kappa shape index (κ2) is 6.56. The molecule has 1 fully saturated rings. The summed E-state index contributed by atoms with van der Waals surface area (Å²) in [5.41, 5.74) is 2.38. The second-order valence-corrected chi connectivity index (χ2v) is 8.41. The van der Waals surface area contributed by atoms with Gasteiger partial charge >= 0.3 is 0 Å². The summed E-state index contributed by atoms with van der Waals surface area (Å²) in [6, 6.07) is 7.82. The highest BCUT2D eigenvalue weighted by molar-refractivity contribution is 5.79. The Balaban J connectivity index is 1.93. The van der Waals surface area contributed by atoms with Gasteiger partial charge < -0.3 is 4.98 Å². The summed E-state index contributed by atoms with van der Waals surface area (Å²) in [5.74, 6) is 0.724. The number of aromatic nitrogens is 5. The fourth-order valence-electron chi connectivity index (χ4n) is 3.89. The number of rotatable bonds is 3. The molecule has 2 aromatic heterocycles. The van der Waals surface area contributed by atoms with E-state index in [4.69, 9.17) is 0 Å². The number of aryl methyl sites for hydroxylation is 1. The molecule has 0 bridgehead atoms. The smallest absolute Gasteiger partial charge is 0.253 e. The van der Waals surface area contributed by atoms with Gasteiger partial charge in [0.05, 0.1) is 5.54 Å². The topological polar surface area (TPSA) is 79.7 Å². The molecule has 1 N–H and O–H groups in total. The molecule has 0 aliphatic carbocycles. The van der Waals surface area contributed by atoms with Crippen molar-refractivity contribution in [3.05, 3.63) is 51.6 Å². The zero-order valence-electron chi connectivity index (χ0n) is 16.4. The highest BCUT2D eigenvalue weighted by atomic mass is 16.1. The number of H-pyrrole nitrogens is 1. The largest absolute Gasteiger partial charge is 0.322 e. The number of likely N-dealkylation sites (tertiary alicyclic amines) is 1. The van der Waals surface area contributed by atoms with Crippen LogP contribution in [0.4, 0.5) is 0 Å². The highest BCUT2D eigenvalue weighted by Gasteiger charge is 2.34. The number of fused-ring (bicyclic) bond motifs is 1. The first-order valence-corrected chi connectivity index (χ1v) is 9.51. The van der Waals surface area contributed by atoms with Gasteiger partial charge in [-0.05, 0) is 87.6 Å². The quantitative estimate of drug-likeness (QED) is 0.771. The maximum atomic E-state index is 13.0. The van der Waals surface area contributed by atoms with Crippen molar-refractivity contribution < 1.29 is 0 Å². The van der Waals surface area contributed by atoms with Crippen LogP contribution in [0.15, 0.2) is 29.1 Å². The third-order valence-corrected chi connectivity index (χ3v) is 5.20. The minimum atomic E-state index is -0.267. The van der Waals surface area contributed by atoms with Crippen molar-refractivity contribution >= 4 is 10.9 Å². The average Bonchev–Trinajstić information content (AvgIpc) is 3.27.